The van der Waals surface area contributed by atoms with E-state index in [1.54, 1.807) is 6.07 Å². The minimum atomic E-state index is -0.502. The van der Waals surface area contributed by atoms with Crippen LogP contribution in [0.15, 0.2) is 53.5 Å². The second-order valence-electron chi connectivity index (χ2n) is 6.61. The third-order valence-corrected chi connectivity index (χ3v) is 4.17. The molecule has 0 spiro atoms. The van der Waals surface area contributed by atoms with Crippen molar-refractivity contribution < 1.29 is 14.3 Å². The number of nitrogens with one attached hydrogen (secondary N) is 1. The van der Waals surface area contributed by atoms with Crippen molar-refractivity contribution in [3.05, 3.63) is 59.7 Å². The number of aliphatic imine (C=N–C) groups is 1. The fourth-order valence-corrected chi connectivity index (χ4v) is 2.64. The molecule has 0 aliphatic heterocycles. The van der Waals surface area contributed by atoms with Crippen molar-refractivity contribution in [1.82, 2.24) is 10.2 Å². The molecule has 156 valence electrons. The summed E-state index contributed by atoms with van der Waals surface area (Å²) in [4.78, 5) is 17.6. The Bertz CT molecular complexity index is 823. The van der Waals surface area contributed by atoms with Crippen LogP contribution in [0.25, 0.3) is 0 Å². The molecule has 2 aromatic carbocycles. The molecule has 0 aliphatic carbocycles. The number of guanidine groups is 1. The third kappa shape index (κ3) is 7.73. The van der Waals surface area contributed by atoms with E-state index < -0.39 is 5.91 Å². The largest absolute Gasteiger partial charge is 0.491 e. The van der Waals surface area contributed by atoms with Gasteiger partial charge >= 0.3 is 0 Å². The fraction of sp³-hybridized carbons (Fsp3) is 0.364. The number of nitrogens with two attached hydrogens (primary N) is 1. The lowest BCUT2D eigenvalue weighted by Gasteiger charge is -2.22. The van der Waals surface area contributed by atoms with Crippen LogP contribution in [0.5, 0.6) is 11.5 Å². The molecule has 0 aliphatic rings. The van der Waals surface area contributed by atoms with E-state index in [-0.39, 0.29) is 6.61 Å². The maximum Gasteiger partial charge on any atom is 0.255 e. The van der Waals surface area contributed by atoms with Gasteiger partial charge in [0.05, 0.1) is 13.1 Å². The number of nitrogens with zero attached hydrogens (tertiary/aromatic N) is 2. The highest BCUT2D eigenvalue weighted by Gasteiger charge is 2.07. The Morgan fingerprint density at radius 2 is 1.97 bits per heavy atom. The standard InChI is InChI=1S/C22H30N4O3/c1-4-24-22(26(3)12-13-28-20-11-6-5-8-17(20)2)25-15-18-9-7-10-19(14-18)29-16-21(23)27/h5-11,14H,4,12-13,15-16H2,1-3H3,(H2,23,27)(H,24,25). The van der Waals surface area contributed by atoms with Crippen molar-refractivity contribution in [2.24, 2.45) is 10.7 Å². The highest BCUT2D eigenvalue weighted by molar-refractivity contribution is 5.79. The first-order chi connectivity index (χ1) is 14.0. The average molecular weight is 399 g/mol. The van der Waals surface area contributed by atoms with Gasteiger partial charge in [0.25, 0.3) is 5.91 Å². The predicted octanol–water partition coefficient (Wildman–Crippen LogP) is 2.34. The monoisotopic (exact) mass is 398 g/mol. The molecule has 3 N–H and O–H groups in total. The van der Waals surface area contributed by atoms with Crippen molar-refractivity contribution >= 4 is 11.9 Å². The van der Waals surface area contributed by atoms with E-state index in [1.165, 1.54) is 0 Å². The number of rotatable bonds is 10. The zero-order chi connectivity index (χ0) is 21.1. The number of aryl methyl sites for hydroxylation is 1. The highest BCUT2D eigenvalue weighted by atomic mass is 16.5. The van der Waals surface area contributed by atoms with Crippen LogP contribution < -0.4 is 20.5 Å². The molecular weight excluding hydrogens is 368 g/mol. The van der Waals surface area contributed by atoms with Crippen LogP contribution in [0.2, 0.25) is 0 Å². The molecule has 29 heavy (non-hydrogen) atoms. The van der Waals surface area contributed by atoms with Gasteiger partial charge in [-0.15, -0.1) is 0 Å². The normalized spacial score (nSPS) is 11.1. The maximum absolute atomic E-state index is 10.9. The molecule has 7 heteroatoms. The van der Waals surface area contributed by atoms with E-state index in [1.807, 2.05) is 68.3 Å². The van der Waals surface area contributed by atoms with Gasteiger partial charge in [0.2, 0.25) is 0 Å². The first-order valence-corrected chi connectivity index (χ1v) is 9.67. The molecule has 0 aromatic heterocycles. The summed E-state index contributed by atoms with van der Waals surface area (Å²) in [6, 6.07) is 15.5. The average Bonchev–Trinajstić information content (AvgIpc) is 2.71. The number of carbonyl (C=O) groups is 1. The Balaban J connectivity index is 1.93. The Kier molecular flexibility index (Phi) is 8.82. The molecule has 1 amide bonds. The summed E-state index contributed by atoms with van der Waals surface area (Å²) in [6.07, 6.45) is 0. The molecule has 0 saturated heterocycles. The van der Waals surface area contributed by atoms with Gasteiger partial charge in [-0.25, -0.2) is 4.99 Å². The summed E-state index contributed by atoms with van der Waals surface area (Å²) in [6.45, 7) is 6.43. The van der Waals surface area contributed by atoms with Crippen LogP contribution in [0.4, 0.5) is 0 Å². The number of amides is 1. The number of hydrogen-bond donors (Lipinski definition) is 2. The molecule has 0 bridgehead atoms. The van der Waals surface area contributed by atoms with Crippen molar-refractivity contribution in [2.45, 2.75) is 20.4 Å². The molecule has 0 fully saturated rings. The Morgan fingerprint density at radius 1 is 1.17 bits per heavy atom. The highest BCUT2D eigenvalue weighted by Crippen LogP contribution is 2.16. The number of carbonyl (C=O) groups excluding carboxylic acids is 1. The maximum atomic E-state index is 10.9. The summed E-state index contributed by atoms with van der Waals surface area (Å²) >= 11 is 0. The summed E-state index contributed by atoms with van der Waals surface area (Å²) < 4.78 is 11.2. The van der Waals surface area contributed by atoms with Gasteiger partial charge in [-0.05, 0) is 43.2 Å². The van der Waals surface area contributed by atoms with E-state index in [9.17, 15) is 4.79 Å². The Labute approximate surface area is 172 Å². The minimum Gasteiger partial charge on any atom is -0.491 e. The molecule has 0 atom stereocenters. The minimum absolute atomic E-state index is 0.140. The van der Waals surface area contributed by atoms with Crippen molar-refractivity contribution in [3.63, 3.8) is 0 Å². The molecular formula is C22H30N4O3. The second kappa shape index (κ2) is 11.6. The van der Waals surface area contributed by atoms with E-state index >= 15 is 0 Å². The number of hydrogen-bond acceptors (Lipinski definition) is 4. The predicted molar refractivity (Wildman–Crippen MR) is 115 cm³/mol. The molecule has 0 saturated carbocycles. The lowest BCUT2D eigenvalue weighted by Crippen LogP contribution is -2.40. The third-order valence-electron chi connectivity index (χ3n) is 4.17. The lowest BCUT2D eigenvalue weighted by atomic mass is 10.2. The van der Waals surface area contributed by atoms with Crippen LogP contribution >= 0.6 is 0 Å². The van der Waals surface area contributed by atoms with Gasteiger partial charge in [-0.2, -0.15) is 0 Å². The zero-order valence-electron chi connectivity index (χ0n) is 17.4. The number of primary amides is 1. The van der Waals surface area contributed by atoms with Crippen molar-refractivity contribution in [1.29, 1.82) is 0 Å². The van der Waals surface area contributed by atoms with Crippen molar-refractivity contribution in [2.75, 3.05) is 33.4 Å². The quantitative estimate of drug-likeness (QED) is 0.474. The number of benzene rings is 2. The molecule has 0 unspecified atom stereocenters. The van der Waals surface area contributed by atoms with Crippen LogP contribution in [0.3, 0.4) is 0 Å². The first-order valence-electron chi connectivity index (χ1n) is 9.67. The van der Waals surface area contributed by atoms with Gasteiger partial charge in [-0.1, -0.05) is 30.3 Å². The topological polar surface area (TPSA) is 89.2 Å². The van der Waals surface area contributed by atoms with Crippen LogP contribution in [-0.4, -0.2) is 50.1 Å². The Morgan fingerprint density at radius 3 is 2.69 bits per heavy atom. The summed E-state index contributed by atoms with van der Waals surface area (Å²) in [5.74, 6) is 1.79. The van der Waals surface area contributed by atoms with Gasteiger partial charge < -0.3 is 25.4 Å². The van der Waals surface area contributed by atoms with Crippen LogP contribution in [0, 0.1) is 6.92 Å². The van der Waals surface area contributed by atoms with Gasteiger partial charge in [0.1, 0.15) is 18.1 Å². The van der Waals surface area contributed by atoms with E-state index in [2.05, 4.69) is 5.32 Å². The zero-order valence-corrected chi connectivity index (χ0v) is 17.4. The molecule has 2 aromatic rings. The van der Waals surface area contributed by atoms with E-state index in [0.29, 0.717) is 25.4 Å². The molecule has 0 radical (unpaired) electrons. The number of likely N-dealkylation sites (N-methyl/N-ethyl adjacent to an activating group) is 1. The first kappa shape index (κ1) is 22.1. The van der Waals surface area contributed by atoms with Crippen LogP contribution in [-0.2, 0) is 11.3 Å². The molecule has 7 nitrogen and oxygen atoms in total. The fourth-order valence-electron chi connectivity index (χ4n) is 2.64. The van der Waals surface area contributed by atoms with Crippen LogP contribution in [0.1, 0.15) is 18.1 Å². The van der Waals surface area contributed by atoms with Crippen molar-refractivity contribution in [3.8, 4) is 11.5 Å². The van der Waals surface area contributed by atoms with E-state index in [4.69, 9.17) is 20.2 Å². The second-order valence-corrected chi connectivity index (χ2v) is 6.61. The lowest BCUT2D eigenvalue weighted by molar-refractivity contribution is -0.119. The van der Waals surface area contributed by atoms with Gasteiger partial charge in [0.15, 0.2) is 12.6 Å². The number of para-hydroxylation sites is 1. The van der Waals surface area contributed by atoms with Gasteiger partial charge in [0, 0.05) is 13.6 Å². The Hall–Kier alpha value is -3.22. The summed E-state index contributed by atoms with van der Waals surface area (Å²) in [5.41, 5.74) is 7.22. The summed E-state index contributed by atoms with van der Waals surface area (Å²) in [5, 5.41) is 3.30. The smallest absolute Gasteiger partial charge is 0.255 e. The molecule has 2 rings (SSSR count). The number of ether oxygens (including phenoxy) is 2. The summed E-state index contributed by atoms with van der Waals surface area (Å²) in [7, 11) is 1.98. The SMILES string of the molecule is CCNC(=NCc1cccc(OCC(N)=O)c1)N(C)CCOc1ccccc1C. The van der Waals surface area contributed by atoms with E-state index in [0.717, 1.165) is 29.4 Å². The molecule has 0 heterocycles. The van der Waals surface area contributed by atoms with Gasteiger partial charge in [-0.3, -0.25) is 4.79 Å².